The molecule has 0 heterocycles. The van der Waals surface area contributed by atoms with Gasteiger partial charge < -0.3 is 9.84 Å². The van der Waals surface area contributed by atoms with Crippen LogP contribution in [0, 0.1) is 11.7 Å². The molecule has 0 aliphatic carbocycles. The maximum Gasteiger partial charge on any atom is 0.419 e. The minimum absolute atomic E-state index is 0.102. The van der Waals surface area contributed by atoms with Gasteiger partial charge in [-0.05, 0) is 24.1 Å². The molecule has 20 heavy (non-hydrogen) atoms. The molecule has 0 bridgehead atoms. The Hall–Kier alpha value is -1.63. The minimum Gasteiger partial charge on any atom is -0.469 e. The Morgan fingerprint density at radius 1 is 1.40 bits per heavy atom. The molecule has 0 radical (unpaired) electrons. The number of hydrogen-bond acceptors (Lipinski definition) is 3. The zero-order chi connectivity index (χ0) is 15.5. The van der Waals surface area contributed by atoms with Crippen LogP contribution >= 0.6 is 0 Å². The summed E-state index contributed by atoms with van der Waals surface area (Å²) < 4.78 is 55.2. The van der Waals surface area contributed by atoms with Crippen LogP contribution in [0.4, 0.5) is 17.6 Å². The fraction of sp³-hybridized carbons (Fsp3) is 0.462. The number of methoxy groups -OCH3 is 1. The topological polar surface area (TPSA) is 46.5 Å². The van der Waals surface area contributed by atoms with Gasteiger partial charge in [0, 0.05) is 0 Å². The first-order valence-corrected chi connectivity index (χ1v) is 5.79. The second-order valence-corrected chi connectivity index (χ2v) is 4.41. The summed E-state index contributed by atoms with van der Waals surface area (Å²) in [5, 5.41) is 9.82. The van der Waals surface area contributed by atoms with E-state index in [1.807, 2.05) is 0 Å². The molecule has 0 spiro atoms. The van der Waals surface area contributed by atoms with Gasteiger partial charge in [0.2, 0.25) is 0 Å². The van der Waals surface area contributed by atoms with Crippen molar-refractivity contribution in [3.63, 3.8) is 0 Å². The van der Waals surface area contributed by atoms with Crippen LogP contribution in [-0.4, -0.2) is 18.2 Å². The van der Waals surface area contributed by atoms with E-state index in [1.165, 1.54) is 14.0 Å². The maximum atomic E-state index is 13.1. The molecule has 7 heteroatoms. The molecule has 0 saturated heterocycles. The third kappa shape index (κ3) is 3.93. The van der Waals surface area contributed by atoms with Crippen molar-refractivity contribution >= 4 is 5.97 Å². The molecule has 0 amide bonds. The summed E-state index contributed by atoms with van der Waals surface area (Å²) in [6.45, 7) is 1.48. The molecule has 1 aromatic carbocycles. The van der Waals surface area contributed by atoms with Crippen molar-refractivity contribution in [1.29, 1.82) is 0 Å². The molecule has 112 valence electrons. The number of benzene rings is 1. The Labute approximate surface area is 113 Å². The number of ether oxygens (including phenoxy) is 1. The van der Waals surface area contributed by atoms with E-state index in [1.54, 1.807) is 0 Å². The lowest BCUT2D eigenvalue weighted by Gasteiger charge is -2.17. The minimum atomic E-state index is -4.84. The van der Waals surface area contributed by atoms with Gasteiger partial charge in [0.25, 0.3) is 0 Å². The second-order valence-electron chi connectivity index (χ2n) is 4.41. The summed E-state index contributed by atoms with van der Waals surface area (Å²) in [4.78, 5) is 11.2. The van der Waals surface area contributed by atoms with Crippen molar-refractivity contribution in [3.05, 3.63) is 35.1 Å². The lowest BCUT2D eigenvalue weighted by Crippen LogP contribution is -2.16. The number of aliphatic hydroxyl groups excluding tert-OH is 1. The lowest BCUT2D eigenvalue weighted by atomic mass is 9.97. The van der Waals surface area contributed by atoms with E-state index < -0.39 is 35.5 Å². The molecular weight excluding hydrogens is 280 g/mol. The Morgan fingerprint density at radius 3 is 2.50 bits per heavy atom. The number of carbonyl (C=O) groups excluding carboxylic acids is 1. The summed E-state index contributed by atoms with van der Waals surface area (Å²) in [6, 6.07) is 2.24. The van der Waals surface area contributed by atoms with Crippen LogP contribution in [0.3, 0.4) is 0 Å². The number of aliphatic hydroxyl groups is 1. The van der Waals surface area contributed by atoms with Crippen molar-refractivity contribution in [2.24, 2.45) is 5.92 Å². The molecule has 1 aromatic rings. The molecule has 3 nitrogen and oxygen atoms in total. The van der Waals surface area contributed by atoms with Gasteiger partial charge in [-0.2, -0.15) is 13.2 Å². The molecule has 1 N–H and O–H groups in total. The number of halogens is 4. The molecule has 0 aromatic heterocycles. The molecule has 0 aliphatic heterocycles. The predicted octanol–water partition coefficient (Wildman–Crippen LogP) is 3.08. The van der Waals surface area contributed by atoms with Gasteiger partial charge in [0.05, 0.1) is 24.7 Å². The lowest BCUT2D eigenvalue weighted by molar-refractivity contribution is -0.146. The third-order valence-electron chi connectivity index (χ3n) is 2.86. The average Bonchev–Trinajstić information content (AvgIpc) is 2.36. The van der Waals surface area contributed by atoms with Crippen LogP contribution in [0.2, 0.25) is 0 Å². The van der Waals surface area contributed by atoms with E-state index >= 15 is 0 Å². The Morgan fingerprint density at radius 2 is 2.00 bits per heavy atom. The van der Waals surface area contributed by atoms with Crippen LogP contribution in [0.5, 0.6) is 0 Å². The number of rotatable bonds is 4. The van der Waals surface area contributed by atoms with Crippen molar-refractivity contribution in [2.45, 2.75) is 25.6 Å². The molecule has 0 aliphatic rings. The van der Waals surface area contributed by atoms with E-state index in [0.29, 0.717) is 12.1 Å². The molecule has 1 rings (SSSR count). The maximum absolute atomic E-state index is 13.1. The van der Waals surface area contributed by atoms with E-state index in [-0.39, 0.29) is 12.0 Å². The van der Waals surface area contributed by atoms with Gasteiger partial charge in [-0.25, -0.2) is 4.39 Å². The molecule has 2 unspecified atom stereocenters. The third-order valence-corrected chi connectivity index (χ3v) is 2.86. The summed E-state index contributed by atoms with van der Waals surface area (Å²) in [6.07, 6.45) is -6.27. The SMILES string of the molecule is COC(=O)C(C)CC(O)c1ccc(F)c(C(F)(F)F)c1. The smallest absolute Gasteiger partial charge is 0.419 e. The first kappa shape index (κ1) is 16.4. The zero-order valence-corrected chi connectivity index (χ0v) is 10.9. The van der Waals surface area contributed by atoms with Crippen molar-refractivity contribution in [2.75, 3.05) is 7.11 Å². The predicted molar refractivity (Wildman–Crippen MR) is 62.2 cm³/mol. The Kier molecular flexibility index (Phi) is 5.10. The van der Waals surface area contributed by atoms with Gasteiger partial charge in [-0.1, -0.05) is 13.0 Å². The average molecular weight is 294 g/mol. The molecule has 2 atom stereocenters. The van der Waals surface area contributed by atoms with Crippen molar-refractivity contribution in [3.8, 4) is 0 Å². The highest BCUT2D eigenvalue weighted by Crippen LogP contribution is 2.34. The number of carbonyl (C=O) groups is 1. The summed E-state index contributed by atoms with van der Waals surface area (Å²) in [5.41, 5.74) is -1.55. The highest BCUT2D eigenvalue weighted by molar-refractivity contribution is 5.71. The highest BCUT2D eigenvalue weighted by atomic mass is 19.4. The van der Waals surface area contributed by atoms with Crippen LogP contribution in [0.15, 0.2) is 18.2 Å². The fourth-order valence-corrected chi connectivity index (χ4v) is 1.74. The molecule has 0 fully saturated rings. The largest absolute Gasteiger partial charge is 0.469 e. The monoisotopic (exact) mass is 294 g/mol. The first-order valence-electron chi connectivity index (χ1n) is 5.79. The van der Waals surface area contributed by atoms with Gasteiger partial charge in [0.1, 0.15) is 5.82 Å². The quantitative estimate of drug-likeness (QED) is 0.685. The van der Waals surface area contributed by atoms with E-state index in [9.17, 15) is 27.5 Å². The standard InChI is InChI=1S/C13H14F4O3/c1-7(12(19)20-2)5-11(18)8-3-4-10(14)9(6-8)13(15,16)17/h3-4,6-7,11,18H,5H2,1-2H3. The van der Waals surface area contributed by atoms with E-state index in [2.05, 4.69) is 4.74 Å². The fourth-order valence-electron chi connectivity index (χ4n) is 1.74. The summed E-state index contributed by atoms with van der Waals surface area (Å²) in [7, 11) is 1.17. The Balaban J connectivity index is 2.95. The summed E-state index contributed by atoms with van der Waals surface area (Å²) >= 11 is 0. The normalized spacial score (nSPS) is 14.8. The number of esters is 1. The van der Waals surface area contributed by atoms with Crippen LogP contribution in [0.25, 0.3) is 0 Å². The van der Waals surface area contributed by atoms with Gasteiger partial charge in [-0.3, -0.25) is 4.79 Å². The van der Waals surface area contributed by atoms with Crippen molar-refractivity contribution in [1.82, 2.24) is 0 Å². The van der Waals surface area contributed by atoms with Gasteiger partial charge in [0.15, 0.2) is 0 Å². The first-order chi connectivity index (χ1) is 9.16. The number of alkyl halides is 3. The van der Waals surface area contributed by atoms with E-state index in [0.717, 1.165) is 6.07 Å². The highest BCUT2D eigenvalue weighted by Gasteiger charge is 2.34. The molecular formula is C13H14F4O3. The van der Waals surface area contributed by atoms with Crippen LogP contribution < -0.4 is 0 Å². The van der Waals surface area contributed by atoms with E-state index in [4.69, 9.17) is 0 Å². The second kappa shape index (κ2) is 6.21. The molecule has 0 saturated carbocycles. The Bertz CT molecular complexity index is 485. The summed E-state index contributed by atoms with van der Waals surface area (Å²) in [5.74, 6) is -2.67. The zero-order valence-electron chi connectivity index (χ0n) is 10.9. The van der Waals surface area contributed by atoms with Crippen LogP contribution in [-0.2, 0) is 15.7 Å². The van der Waals surface area contributed by atoms with Gasteiger partial charge in [-0.15, -0.1) is 0 Å². The van der Waals surface area contributed by atoms with Gasteiger partial charge >= 0.3 is 12.1 Å². The van der Waals surface area contributed by atoms with Crippen molar-refractivity contribution < 1.29 is 32.2 Å². The van der Waals surface area contributed by atoms with Crippen LogP contribution in [0.1, 0.15) is 30.6 Å². The number of hydrogen-bond donors (Lipinski definition) is 1.